The molecule has 182 valence electrons. The molecule has 3 saturated heterocycles. The summed E-state index contributed by atoms with van der Waals surface area (Å²) in [5.74, 6) is 3.16. The van der Waals surface area contributed by atoms with E-state index in [1.54, 1.807) is 0 Å². The van der Waals surface area contributed by atoms with Crippen LogP contribution in [-0.2, 0) is 16.0 Å². The molecule has 3 fully saturated rings. The number of piperidine rings is 2. The van der Waals surface area contributed by atoms with Gasteiger partial charge in [0.2, 0.25) is 11.9 Å². The smallest absolute Gasteiger partial charge is 0.225 e. The van der Waals surface area contributed by atoms with E-state index in [2.05, 4.69) is 55.0 Å². The molecule has 0 atom stereocenters. The number of rotatable bonds is 5. The molecule has 2 aromatic rings. The van der Waals surface area contributed by atoms with Gasteiger partial charge in [-0.2, -0.15) is 9.97 Å². The maximum Gasteiger partial charge on any atom is 0.225 e. The molecular weight excluding hydrogens is 428 g/mol. The standard InChI is InChI=1S/C26H36N6O2/c27-26-28-23(19-24(29-26)31-14-16-34-17-15-31)30-12-8-22(9-13-30)25(33)32-10-6-21(7-11-32)18-20-4-2-1-3-5-20/h1-5,19,21-22H,6-18H2,(H2,27,28,29). The first-order valence-corrected chi connectivity index (χ1v) is 12.7. The topological polar surface area (TPSA) is 87.8 Å². The van der Waals surface area contributed by atoms with Gasteiger partial charge in [-0.3, -0.25) is 4.79 Å². The van der Waals surface area contributed by atoms with E-state index in [1.165, 1.54) is 5.56 Å². The van der Waals surface area contributed by atoms with Crippen LogP contribution in [0.5, 0.6) is 0 Å². The fraction of sp³-hybridized carbons (Fsp3) is 0.577. The highest BCUT2D eigenvalue weighted by atomic mass is 16.5. The van der Waals surface area contributed by atoms with Gasteiger partial charge in [-0.15, -0.1) is 0 Å². The predicted molar refractivity (Wildman–Crippen MR) is 134 cm³/mol. The van der Waals surface area contributed by atoms with Crippen LogP contribution < -0.4 is 15.5 Å². The molecule has 1 aromatic carbocycles. The molecule has 1 amide bonds. The Labute approximate surface area is 202 Å². The van der Waals surface area contributed by atoms with E-state index in [0.29, 0.717) is 31.0 Å². The van der Waals surface area contributed by atoms with Gasteiger partial charge in [0.25, 0.3) is 0 Å². The normalized spacial score (nSPS) is 20.5. The highest BCUT2D eigenvalue weighted by molar-refractivity contribution is 5.79. The number of hydrogen-bond donors (Lipinski definition) is 1. The van der Waals surface area contributed by atoms with E-state index in [4.69, 9.17) is 10.5 Å². The molecule has 2 N–H and O–H groups in total. The number of aromatic nitrogens is 2. The van der Waals surface area contributed by atoms with E-state index < -0.39 is 0 Å². The van der Waals surface area contributed by atoms with Crippen molar-refractivity contribution in [1.82, 2.24) is 14.9 Å². The summed E-state index contributed by atoms with van der Waals surface area (Å²) < 4.78 is 5.45. The van der Waals surface area contributed by atoms with Crippen LogP contribution in [0.15, 0.2) is 36.4 Å². The second-order valence-corrected chi connectivity index (χ2v) is 9.76. The number of nitrogens with two attached hydrogens (primary N) is 1. The molecule has 0 unspecified atom stereocenters. The molecule has 8 nitrogen and oxygen atoms in total. The fourth-order valence-corrected chi connectivity index (χ4v) is 5.47. The summed E-state index contributed by atoms with van der Waals surface area (Å²) in [5.41, 5.74) is 7.44. The van der Waals surface area contributed by atoms with Crippen LogP contribution >= 0.6 is 0 Å². The third kappa shape index (κ3) is 5.43. The molecule has 1 aromatic heterocycles. The van der Waals surface area contributed by atoms with E-state index >= 15 is 0 Å². The summed E-state index contributed by atoms with van der Waals surface area (Å²) in [7, 11) is 0. The molecule has 3 aliphatic heterocycles. The molecule has 8 heteroatoms. The molecule has 0 bridgehead atoms. The summed E-state index contributed by atoms with van der Waals surface area (Å²) >= 11 is 0. The zero-order valence-corrected chi connectivity index (χ0v) is 19.9. The van der Waals surface area contributed by atoms with Crippen molar-refractivity contribution in [2.24, 2.45) is 11.8 Å². The SMILES string of the molecule is Nc1nc(N2CCOCC2)cc(N2CCC(C(=O)N3CCC(Cc4ccccc4)CC3)CC2)n1. The van der Waals surface area contributed by atoms with Crippen molar-refractivity contribution < 1.29 is 9.53 Å². The predicted octanol–water partition coefficient (Wildman–Crippen LogP) is 2.59. The van der Waals surface area contributed by atoms with E-state index in [0.717, 1.165) is 83.0 Å². The Morgan fingerprint density at radius 2 is 1.50 bits per heavy atom. The van der Waals surface area contributed by atoms with Crippen molar-refractivity contribution in [3.63, 3.8) is 0 Å². The first-order valence-electron chi connectivity index (χ1n) is 12.7. The number of benzene rings is 1. The highest BCUT2D eigenvalue weighted by Crippen LogP contribution is 2.29. The molecule has 0 spiro atoms. The molecule has 0 radical (unpaired) electrons. The zero-order chi connectivity index (χ0) is 23.3. The minimum atomic E-state index is 0.111. The van der Waals surface area contributed by atoms with Crippen LogP contribution in [0.4, 0.5) is 17.6 Å². The van der Waals surface area contributed by atoms with Crippen LogP contribution in [0.25, 0.3) is 0 Å². The highest BCUT2D eigenvalue weighted by Gasteiger charge is 2.31. The Morgan fingerprint density at radius 3 is 2.15 bits per heavy atom. The van der Waals surface area contributed by atoms with Crippen LogP contribution in [-0.4, -0.2) is 73.3 Å². The quantitative estimate of drug-likeness (QED) is 0.728. The van der Waals surface area contributed by atoms with Crippen LogP contribution in [0.2, 0.25) is 0 Å². The van der Waals surface area contributed by atoms with Crippen molar-refractivity contribution >= 4 is 23.5 Å². The van der Waals surface area contributed by atoms with Crippen LogP contribution in [0.1, 0.15) is 31.2 Å². The van der Waals surface area contributed by atoms with Gasteiger partial charge >= 0.3 is 0 Å². The lowest BCUT2D eigenvalue weighted by Gasteiger charge is -2.38. The molecule has 3 aliphatic rings. The minimum absolute atomic E-state index is 0.111. The molecule has 34 heavy (non-hydrogen) atoms. The van der Waals surface area contributed by atoms with Crippen molar-refractivity contribution in [2.45, 2.75) is 32.1 Å². The number of likely N-dealkylation sites (tertiary alicyclic amines) is 1. The monoisotopic (exact) mass is 464 g/mol. The first-order chi connectivity index (χ1) is 16.7. The lowest BCUT2D eigenvalue weighted by Crippen LogP contribution is -2.46. The first kappa shape index (κ1) is 22.9. The Balaban J connectivity index is 1.12. The number of amides is 1. The van der Waals surface area contributed by atoms with Crippen molar-refractivity contribution in [3.8, 4) is 0 Å². The molecule has 4 heterocycles. The maximum absolute atomic E-state index is 13.2. The average Bonchev–Trinajstić information content (AvgIpc) is 2.90. The summed E-state index contributed by atoms with van der Waals surface area (Å²) in [6.45, 7) is 6.46. The summed E-state index contributed by atoms with van der Waals surface area (Å²) in [5, 5.41) is 0. The summed E-state index contributed by atoms with van der Waals surface area (Å²) in [6, 6.07) is 12.7. The van der Waals surface area contributed by atoms with Gasteiger partial charge in [0.1, 0.15) is 11.6 Å². The Bertz CT molecular complexity index is 949. The maximum atomic E-state index is 13.2. The average molecular weight is 465 g/mol. The molecule has 5 rings (SSSR count). The van der Waals surface area contributed by atoms with Crippen LogP contribution in [0, 0.1) is 11.8 Å². The number of anilines is 3. The molecule has 0 saturated carbocycles. The lowest BCUT2D eigenvalue weighted by atomic mass is 9.88. The number of nitrogen functional groups attached to an aromatic ring is 1. The third-order valence-corrected chi connectivity index (χ3v) is 7.51. The van der Waals surface area contributed by atoms with Gasteiger partial charge in [0, 0.05) is 51.3 Å². The number of nitrogens with zero attached hydrogens (tertiary/aromatic N) is 5. The van der Waals surface area contributed by atoms with Gasteiger partial charge in [0.15, 0.2) is 0 Å². The Hall–Kier alpha value is -2.87. The Kier molecular flexibility index (Phi) is 7.13. The van der Waals surface area contributed by atoms with Gasteiger partial charge in [-0.05, 0) is 43.6 Å². The van der Waals surface area contributed by atoms with Crippen molar-refractivity contribution in [3.05, 3.63) is 42.0 Å². The largest absolute Gasteiger partial charge is 0.378 e. The van der Waals surface area contributed by atoms with Gasteiger partial charge in [0.05, 0.1) is 13.2 Å². The number of carbonyl (C=O) groups excluding carboxylic acids is 1. The van der Waals surface area contributed by atoms with Gasteiger partial charge < -0.3 is 25.2 Å². The summed E-state index contributed by atoms with van der Waals surface area (Å²) in [6.07, 6.45) is 5.04. The summed E-state index contributed by atoms with van der Waals surface area (Å²) in [4.78, 5) is 28.7. The van der Waals surface area contributed by atoms with E-state index in [-0.39, 0.29) is 5.92 Å². The minimum Gasteiger partial charge on any atom is -0.378 e. The fourth-order valence-electron chi connectivity index (χ4n) is 5.47. The second-order valence-electron chi connectivity index (χ2n) is 9.76. The van der Waals surface area contributed by atoms with E-state index in [9.17, 15) is 4.79 Å². The Morgan fingerprint density at radius 1 is 0.882 bits per heavy atom. The van der Waals surface area contributed by atoms with Crippen molar-refractivity contribution in [2.75, 3.05) is 68.0 Å². The van der Waals surface area contributed by atoms with E-state index in [1.807, 2.05) is 6.07 Å². The second kappa shape index (κ2) is 10.6. The van der Waals surface area contributed by atoms with Gasteiger partial charge in [-0.1, -0.05) is 30.3 Å². The lowest BCUT2D eigenvalue weighted by molar-refractivity contribution is -0.137. The molecular formula is C26H36N6O2. The zero-order valence-electron chi connectivity index (χ0n) is 19.9. The molecule has 0 aliphatic carbocycles. The van der Waals surface area contributed by atoms with Crippen LogP contribution in [0.3, 0.4) is 0 Å². The number of ether oxygens (including phenoxy) is 1. The number of carbonyl (C=O) groups is 1. The van der Waals surface area contributed by atoms with Gasteiger partial charge in [-0.25, -0.2) is 0 Å². The number of morpholine rings is 1. The third-order valence-electron chi connectivity index (χ3n) is 7.51. The number of hydrogen-bond acceptors (Lipinski definition) is 7. The van der Waals surface area contributed by atoms with Crippen molar-refractivity contribution in [1.29, 1.82) is 0 Å².